The number of nitrogens with zero attached hydrogens (tertiary/aromatic N) is 2. The molecule has 2 aromatic carbocycles. The summed E-state index contributed by atoms with van der Waals surface area (Å²) in [5.41, 5.74) is 1.84. The van der Waals surface area contributed by atoms with Crippen molar-refractivity contribution in [1.82, 2.24) is 9.80 Å². The summed E-state index contributed by atoms with van der Waals surface area (Å²) in [6, 6.07) is 11.5. The van der Waals surface area contributed by atoms with Crippen molar-refractivity contribution in [2.75, 3.05) is 46.2 Å². The maximum absolute atomic E-state index is 12.9. The minimum absolute atomic E-state index is 0.0448. The number of hydrogen-bond acceptors (Lipinski definition) is 6. The van der Waals surface area contributed by atoms with Crippen LogP contribution in [0.5, 0.6) is 23.0 Å². The molecular formula is C22H24N2O5. The number of piperazine rings is 1. The molecule has 0 saturated carbocycles. The third kappa shape index (κ3) is 3.82. The molecule has 0 radical (unpaired) electrons. The van der Waals surface area contributed by atoms with Gasteiger partial charge in [0, 0.05) is 44.7 Å². The summed E-state index contributed by atoms with van der Waals surface area (Å²) in [5.74, 6) is 3.04. The summed E-state index contributed by atoms with van der Waals surface area (Å²) in [7, 11) is 0. The Hall–Kier alpha value is -2.93. The van der Waals surface area contributed by atoms with Crippen LogP contribution in [-0.4, -0.2) is 61.9 Å². The van der Waals surface area contributed by atoms with E-state index >= 15 is 0 Å². The van der Waals surface area contributed by atoms with Crippen LogP contribution in [0, 0.1) is 0 Å². The van der Waals surface area contributed by atoms with E-state index in [9.17, 15) is 4.79 Å². The Balaban J connectivity index is 1.19. The zero-order valence-corrected chi connectivity index (χ0v) is 16.3. The molecule has 0 bridgehead atoms. The average Bonchev–Trinajstić information content (AvgIpc) is 3.09. The maximum Gasteiger partial charge on any atom is 0.254 e. The monoisotopic (exact) mass is 396 g/mol. The minimum Gasteiger partial charge on any atom is -0.490 e. The van der Waals surface area contributed by atoms with Crippen LogP contribution in [0.2, 0.25) is 0 Å². The predicted molar refractivity (Wildman–Crippen MR) is 106 cm³/mol. The second-order valence-corrected chi connectivity index (χ2v) is 7.47. The molecular weight excluding hydrogens is 372 g/mol. The van der Waals surface area contributed by atoms with Gasteiger partial charge in [-0.1, -0.05) is 6.07 Å². The summed E-state index contributed by atoms with van der Waals surface area (Å²) in [6.45, 7) is 5.47. The lowest BCUT2D eigenvalue weighted by Gasteiger charge is -2.34. The van der Waals surface area contributed by atoms with E-state index in [-0.39, 0.29) is 5.91 Å². The lowest BCUT2D eigenvalue weighted by molar-refractivity contribution is 0.0628. The number of hydrogen-bond donors (Lipinski definition) is 0. The van der Waals surface area contributed by atoms with E-state index in [1.165, 1.54) is 5.56 Å². The van der Waals surface area contributed by atoms with Gasteiger partial charge in [-0.25, -0.2) is 0 Å². The molecule has 2 aromatic rings. The van der Waals surface area contributed by atoms with Crippen molar-refractivity contribution in [3.8, 4) is 23.0 Å². The number of amides is 1. The molecule has 152 valence electrons. The van der Waals surface area contributed by atoms with Gasteiger partial charge in [0.05, 0.1) is 13.2 Å². The van der Waals surface area contributed by atoms with Gasteiger partial charge in [-0.15, -0.1) is 0 Å². The van der Waals surface area contributed by atoms with Crippen molar-refractivity contribution in [3.05, 3.63) is 47.5 Å². The van der Waals surface area contributed by atoms with E-state index in [4.69, 9.17) is 18.9 Å². The first kappa shape index (κ1) is 18.1. The molecule has 3 heterocycles. The van der Waals surface area contributed by atoms with Crippen molar-refractivity contribution in [3.63, 3.8) is 0 Å². The molecule has 7 nitrogen and oxygen atoms in total. The normalized spacial score (nSPS) is 18.4. The number of fused-ring (bicyclic) bond motifs is 2. The van der Waals surface area contributed by atoms with Crippen LogP contribution in [0.4, 0.5) is 0 Å². The molecule has 1 fully saturated rings. The highest BCUT2D eigenvalue weighted by Crippen LogP contribution is 2.33. The summed E-state index contributed by atoms with van der Waals surface area (Å²) >= 11 is 0. The highest BCUT2D eigenvalue weighted by atomic mass is 16.7. The van der Waals surface area contributed by atoms with Gasteiger partial charge in [0.1, 0.15) is 0 Å². The van der Waals surface area contributed by atoms with E-state index in [1.54, 1.807) is 0 Å². The Morgan fingerprint density at radius 3 is 2.34 bits per heavy atom. The molecule has 0 atom stereocenters. The van der Waals surface area contributed by atoms with Gasteiger partial charge in [-0.05, 0) is 35.9 Å². The van der Waals surface area contributed by atoms with E-state index in [0.29, 0.717) is 50.2 Å². The van der Waals surface area contributed by atoms with Gasteiger partial charge < -0.3 is 23.8 Å². The second-order valence-electron chi connectivity index (χ2n) is 7.47. The summed E-state index contributed by atoms with van der Waals surface area (Å²) in [6.07, 6.45) is 0.850. The molecule has 1 saturated heterocycles. The van der Waals surface area contributed by atoms with Gasteiger partial charge >= 0.3 is 0 Å². The highest BCUT2D eigenvalue weighted by molar-refractivity contribution is 5.95. The molecule has 29 heavy (non-hydrogen) atoms. The average molecular weight is 396 g/mol. The molecule has 1 amide bonds. The quantitative estimate of drug-likeness (QED) is 0.795. The van der Waals surface area contributed by atoms with Crippen LogP contribution < -0.4 is 18.9 Å². The number of rotatable bonds is 3. The molecule has 0 aromatic heterocycles. The standard InChI is InChI=1S/C22H24N2O5/c25-22(17-3-5-18-21(13-17)27-11-1-10-26-18)24-8-6-23(7-9-24)14-16-2-4-19-20(12-16)29-15-28-19/h2-5,12-13H,1,6-11,14-15H2. The number of carbonyl (C=O) groups is 1. The highest BCUT2D eigenvalue weighted by Gasteiger charge is 2.24. The fourth-order valence-corrected chi connectivity index (χ4v) is 3.89. The summed E-state index contributed by atoms with van der Waals surface area (Å²) in [4.78, 5) is 17.2. The van der Waals surface area contributed by atoms with Crippen molar-refractivity contribution < 1.29 is 23.7 Å². The first-order valence-electron chi connectivity index (χ1n) is 10.1. The number of ether oxygens (including phenoxy) is 4. The van der Waals surface area contributed by atoms with Crippen LogP contribution in [0.1, 0.15) is 22.3 Å². The Labute approximate surface area is 169 Å². The van der Waals surface area contributed by atoms with Gasteiger partial charge in [0.15, 0.2) is 23.0 Å². The number of benzene rings is 2. The number of carbonyl (C=O) groups excluding carboxylic acids is 1. The van der Waals surface area contributed by atoms with E-state index in [0.717, 1.165) is 37.6 Å². The molecule has 0 spiro atoms. The van der Waals surface area contributed by atoms with Crippen LogP contribution in [0.3, 0.4) is 0 Å². The predicted octanol–water partition coefficient (Wildman–Crippen LogP) is 2.53. The van der Waals surface area contributed by atoms with Crippen LogP contribution in [-0.2, 0) is 6.54 Å². The van der Waals surface area contributed by atoms with Gasteiger partial charge in [0.25, 0.3) is 5.91 Å². The van der Waals surface area contributed by atoms with Crippen molar-refractivity contribution in [1.29, 1.82) is 0 Å². The van der Waals surface area contributed by atoms with E-state index in [1.807, 2.05) is 35.2 Å². The van der Waals surface area contributed by atoms with E-state index < -0.39 is 0 Å². The second kappa shape index (κ2) is 7.83. The minimum atomic E-state index is 0.0448. The molecule has 3 aliphatic rings. The van der Waals surface area contributed by atoms with Crippen molar-refractivity contribution >= 4 is 5.91 Å². The Kier molecular flexibility index (Phi) is 4.89. The summed E-state index contributed by atoms with van der Waals surface area (Å²) in [5, 5.41) is 0. The SMILES string of the molecule is O=C(c1ccc2c(c1)OCCCO2)N1CCN(Cc2ccc3c(c2)OCO3)CC1. The van der Waals surface area contributed by atoms with Gasteiger partial charge in [-0.3, -0.25) is 9.69 Å². The summed E-state index contributed by atoms with van der Waals surface area (Å²) < 4.78 is 22.2. The Morgan fingerprint density at radius 1 is 0.793 bits per heavy atom. The zero-order valence-electron chi connectivity index (χ0n) is 16.3. The van der Waals surface area contributed by atoms with Gasteiger partial charge in [0.2, 0.25) is 6.79 Å². The smallest absolute Gasteiger partial charge is 0.254 e. The lowest BCUT2D eigenvalue weighted by Crippen LogP contribution is -2.48. The van der Waals surface area contributed by atoms with Crippen LogP contribution >= 0.6 is 0 Å². The fourth-order valence-electron chi connectivity index (χ4n) is 3.89. The van der Waals surface area contributed by atoms with Crippen LogP contribution in [0.15, 0.2) is 36.4 Å². The molecule has 3 aliphatic heterocycles. The van der Waals surface area contributed by atoms with Crippen LogP contribution in [0.25, 0.3) is 0 Å². The Bertz CT molecular complexity index is 908. The lowest BCUT2D eigenvalue weighted by atomic mass is 10.1. The molecule has 0 aliphatic carbocycles. The zero-order chi connectivity index (χ0) is 19.6. The topological polar surface area (TPSA) is 60.5 Å². The van der Waals surface area contributed by atoms with Crippen molar-refractivity contribution in [2.45, 2.75) is 13.0 Å². The largest absolute Gasteiger partial charge is 0.490 e. The third-order valence-corrected chi connectivity index (χ3v) is 5.50. The Morgan fingerprint density at radius 2 is 1.48 bits per heavy atom. The molecule has 7 heteroatoms. The third-order valence-electron chi connectivity index (χ3n) is 5.50. The van der Waals surface area contributed by atoms with Gasteiger partial charge in [-0.2, -0.15) is 0 Å². The molecule has 0 N–H and O–H groups in total. The fraction of sp³-hybridized carbons (Fsp3) is 0.409. The maximum atomic E-state index is 12.9. The molecule has 0 unspecified atom stereocenters. The first-order valence-corrected chi connectivity index (χ1v) is 10.1. The molecule has 5 rings (SSSR count). The van der Waals surface area contributed by atoms with Crippen molar-refractivity contribution in [2.24, 2.45) is 0 Å². The first-order chi connectivity index (χ1) is 14.3. The van der Waals surface area contributed by atoms with E-state index in [2.05, 4.69) is 11.0 Å².